The molecule has 0 aliphatic rings. The van der Waals surface area contributed by atoms with Crippen molar-refractivity contribution >= 4 is 23.2 Å². The molecule has 0 heterocycles. The van der Waals surface area contributed by atoms with Crippen LogP contribution < -0.4 is 15.4 Å². The summed E-state index contributed by atoms with van der Waals surface area (Å²) < 4.78 is 19.4. The van der Waals surface area contributed by atoms with Crippen LogP contribution in [-0.2, 0) is 9.59 Å². The molecule has 0 atom stereocenters. The first kappa shape index (κ1) is 18.4. The van der Waals surface area contributed by atoms with E-state index in [1.807, 2.05) is 32.0 Å². The van der Waals surface area contributed by atoms with Gasteiger partial charge in [-0.25, -0.2) is 4.39 Å². The van der Waals surface area contributed by atoms with Crippen LogP contribution in [-0.4, -0.2) is 18.4 Å². The number of ether oxygens (including phenoxy) is 1. The number of hydrogen-bond acceptors (Lipinski definition) is 3. The first-order chi connectivity index (χ1) is 11.9. The molecule has 0 saturated carbocycles. The van der Waals surface area contributed by atoms with Gasteiger partial charge in [-0.15, -0.1) is 0 Å². The van der Waals surface area contributed by atoms with Gasteiger partial charge in [0.1, 0.15) is 11.6 Å². The summed E-state index contributed by atoms with van der Waals surface area (Å²) in [6, 6.07) is 9.71. The summed E-state index contributed by atoms with van der Waals surface area (Å²) in [7, 11) is 0. The largest absolute Gasteiger partial charge is 0.493 e. The molecule has 0 aromatic heterocycles. The monoisotopic (exact) mass is 344 g/mol. The SMILES string of the molecule is CC(=O)Nc1ccc(F)c(NC(=O)CCOc2cccc(C)c2C)c1. The van der Waals surface area contributed by atoms with Crippen LogP contribution in [0.2, 0.25) is 0 Å². The lowest BCUT2D eigenvalue weighted by molar-refractivity contribution is -0.116. The van der Waals surface area contributed by atoms with Crippen molar-refractivity contribution in [2.24, 2.45) is 0 Å². The summed E-state index contributed by atoms with van der Waals surface area (Å²) in [6.07, 6.45) is 0.0805. The average molecular weight is 344 g/mol. The molecule has 132 valence electrons. The minimum absolute atomic E-state index is 0.0167. The van der Waals surface area contributed by atoms with Crippen LogP contribution in [0.1, 0.15) is 24.5 Å². The molecule has 0 fully saturated rings. The van der Waals surface area contributed by atoms with E-state index in [1.54, 1.807) is 0 Å². The van der Waals surface area contributed by atoms with Gasteiger partial charge in [-0.2, -0.15) is 0 Å². The number of aryl methyl sites for hydroxylation is 1. The number of hydrogen-bond donors (Lipinski definition) is 2. The maximum absolute atomic E-state index is 13.8. The minimum Gasteiger partial charge on any atom is -0.493 e. The second-order valence-electron chi connectivity index (χ2n) is 5.72. The van der Waals surface area contributed by atoms with Gasteiger partial charge in [0.2, 0.25) is 11.8 Å². The fourth-order valence-corrected chi connectivity index (χ4v) is 2.25. The van der Waals surface area contributed by atoms with E-state index in [4.69, 9.17) is 4.74 Å². The first-order valence-electron chi connectivity index (χ1n) is 7.93. The van der Waals surface area contributed by atoms with Crippen LogP contribution in [0.5, 0.6) is 5.75 Å². The molecule has 0 unspecified atom stereocenters. The standard InChI is InChI=1S/C19H21FN2O3/c1-12-5-4-6-18(13(12)2)25-10-9-19(24)22-17-11-15(21-14(3)23)7-8-16(17)20/h4-8,11H,9-10H2,1-3H3,(H,21,23)(H,22,24). The molecule has 0 aliphatic heterocycles. The number of anilines is 2. The van der Waals surface area contributed by atoms with Crippen LogP contribution in [0.25, 0.3) is 0 Å². The van der Waals surface area contributed by atoms with Crippen molar-refractivity contribution in [2.75, 3.05) is 17.2 Å². The molecule has 5 nitrogen and oxygen atoms in total. The second-order valence-corrected chi connectivity index (χ2v) is 5.72. The fourth-order valence-electron chi connectivity index (χ4n) is 2.25. The highest BCUT2D eigenvalue weighted by atomic mass is 19.1. The highest BCUT2D eigenvalue weighted by Crippen LogP contribution is 2.21. The Kier molecular flexibility index (Phi) is 6.11. The normalized spacial score (nSPS) is 10.2. The lowest BCUT2D eigenvalue weighted by atomic mass is 10.1. The van der Waals surface area contributed by atoms with Crippen molar-refractivity contribution < 1.29 is 18.7 Å². The number of nitrogens with one attached hydrogen (secondary N) is 2. The average Bonchev–Trinajstić information content (AvgIpc) is 2.54. The lowest BCUT2D eigenvalue weighted by Crippen LogP contribution is -2.16. The van der Waals surface area contributed by atoms with Crippen LogP contribution in [0.15, 0.2) is 36.4 Å². The molecular formula is C19H21FN2O3. The molecular weight excluding hydrogens is 323 g/mol. The predicted molar refractivity (Wildman–Crippen MR) is 95.4 cm³/mol. The topological polar surface area (TPSA) is 67.4 Å². The van der Waals surface area contributed by atoms with Crippen molar-refractivity contribution in [3.63, 3.8) is 0 Å². The summed E-state index contributed by atoms with van der Waals surface area (Å²) in [4.78, 5) is 23.0. The van der Waals surface area contributed by atoms with E-state index in [9.17, 15) is 14.0 Å². The van der Waals surface area contributed by atoms with Gasteiger partial charge in [0.05, 0.1) is 18.7 Å². The number of halogens is 1. The maximum atomic E-state index is 13.8. The summed E-state index contributed by atoms with van der Waals surface area (Å²) in [5.41, 5.74) is 2.56. The van der Waals surface area contributed by atoms with Gasteiger partial charge in [-0.1, -0.05) is 12.1 Å². The molecule has 0 radical (unpaired) electrons. The minimum atomic E-state index is -0.571. The lowest BCUT2D eigenvalue weighted by Gasteiger charge is -2.12. The third-order valence-corrected chi connectivity index (χ3v) is 3.70. The zero-order valence-corrected chi connectivity index (χ0v) is 14.5. The third kappa shape index (κ3) is 5.31. The van der Waals surface area contributed by atoms with Gasteiger partial charge in [-0.05, 0) is 49.2 Å². The zero-order valence-electron chi connectivity index (χ0n) is 14.5. The molecule has 0 bridgehead atoms. The Bertz CT molecular complexity index is 790. The first-order valence-corrected chi connectivity index (χ1v) is 7.93. The molecule has 2 N–H and O–H groups in total. The highest BCUT2D eigenvalue weighted by Gasteiger charge is 2.10. The molecule has 2 rings (SSSR count). The Balaban J connectivity index is 1.92. The predicted octanol–water partition coefficient (Wildman–Crippen LogP) is 3.81. The summed E-state index contributed by atoms with van der Waals surface area (Å²) in [6.45, 7) is 5.47. The van der Waals surface area contributed by atoms with E-state index in [1.165, 1.54) is 25.1 Å². The summed E-state index contributed by atoms with van der Waals surface area (Å²) in [5.74, 6) is -0.487. The zero-order chi connectivity index (χ0) is 18.4. The van der Waals surface area contributed by atoms with Gasteiger partial charge < -0.3 is 15.4 Å². The van der Waals surface area contributed by atoms with Crippen LogP contribution >= 0.6 is 0 Å². The quantitative estimate of drug-likeness (QED) is 0.837. The van der Waals surface area contributed by atoms with E-state index >= 15 is 0 Å². The van der Waals surface area contributed by atoms with Crippen LogP contribution in [0.3, 0.4) is 0 Å². The number of rotatable bonds is 6. The van der Waals surface area contributed by atoms with Crippen molar-refractivity contribution in [1.82, 2.24) is 0 Å². The maximum Gasteiger partial charge on any atom is 0.227 e. The molecule has 2 aromatic carbocycles. The number of carbonyl (C=O) groups excluding carboxylic acids is 2. The number of benzene rings is 2. The highest BCUT2D eigenvalue weighted by molar-refractivity contribution is 5.93. The fraction of sp³-hybridized carbons (Fsp3) is 0.263. The smallest absolute Gasteiger partial charge is 0.227 e. The Morgan fingerprint density at radius 3 is 2.60 bits per heavy atom. The Morgan fingerprint density at radius 2 is 1.88 bits per heavy atom. The van der Waals surface area contributed by atoms with Gasteiger partial charge in [0.25, 0.3) is 0 Å². The molecule has 0 spiro atoms. The van der Waals surface area contributed by atoms with Gasteiger partial charge in [0, 0.05) is 12.6 Å². The van der Waals surface area contributed by atoms with E-state index in [0.717, 1.165) is 16.9 Å². The Morgan fingerprint density at radius 1 is 1.12 bits per heavy atom. The van der Waals surface area contributed by atoms with Crippen LogP contribution in [0.4, 0.5) is 15.8 Å². The van der Waals surface area contributed by atoms with Gasteiger partial charge in [-0.3, -0.25) is 9.59 Å². The van der Waals surface area contributed by atoms with Crippen molar-refractivity contribution in [3.05, 3.63) is 53.3 Å². The van der Waals surface area contributed by atoms with Gasteiger partial charge >= 0.3 is 0 Å². The molecule has 0 saturated heterocycles. The summed E-state index contributed by atoms with van der Waals surface area (Å²) >= 11 is 0. The van der Waals surface area contributed by atoms with E-state index in [0.29, 0.717) is 5.69 Å². The van der Waals surface area contributed by atoms with Crippen molar-refractivity contribution in [3.8, 4) is 5.75 Å². The second kappa shape index (κ2) is 8.28. The number of carbonyl (C=O) groups is 2. The van der Waals surface area contributed by atoms with Crippen molar-refractivity contribution in [2.45, 2.75) is 27.2 Å². The van der Waals surface area contributed by atoms with E-state index in [-0.39, 0.29) is 30.5 Å². The van der Waals surface area contributed by atoms with Crippen LogP contribution in [0, 0.1) is 19.7 Å². The molecule has 2 aromatic rings. The van der Waals surface area contributed by atoms with E-state index in [2.05, 4.69) is 10.6 Å². The Labute approximate surface area is 146 Å². The number of amides is 2. The molecule has 25 heavy (non-hydrogen) atoms. The molecule has 2 amide bonds. The third-order valence-electron chi connectivity index (χ3n) is 3.70. The van der Waals surface area contributed by atoms with E-state index < -0.39 is 5.82 Å². The molecule has 6 heteroatoms. The van der Waals surface area contributed by atoms with Gasteiger partial charge in [0.15, 0.2) is 0 Å². The molecule has 0 aliphatic carbocycles. The Hall–Kier alpha value is -2.89. The van der Waals surface area contributed by atoms with Crippen molar-refractivity contribution in [1.29, 1.82) is 0 Å². The summed E-state index contributed by atoms with van der Waals surface area (Å²) in [5, 5.41) is 5.03.